The van der Waals surface area contributed by atoms with E-state index in [9.17, 15) is 4.79 Å². The Bertz CT molecular complexity index is 1220. The predicted molar refractivity (Wildman–Crippen MR) is 103 cm³/mol. The Kier molecular flexibility index (Phi) is 4.08. The van der Waals surface area contributed by atoms with E-state index < -0.39 is 0 Å². The molecule has 0 aliphatic rings. The number of benzene rings is 2. The third-order valence-corrected chi connectivity index (χ3v) is 4.24. The molecule has 0 radical (unpaired) electrons. The number of H-pyrrole nitrogens is 1. The molecule has 0 bridgehead atoms. The summed E-state index contributed by atoms with van der Waals surface area (Å²) in [5, 5.41) is 4.31. The zero-order chi connectivity index (χ0) is 19.0. The van der Waals surface area contributed by atoms with E-state index in [1.54, 1.807) is 25.3 Å². The molecule has 2 heterocycles. The monoisotopic (exact) mass is 363 g/mol. The number of methoxy groups -OCH3 is 2. The van der Waals surface area contributed by atoms with Gasteiger partial charge in [-0.05, 0) is 37.3 Å². The van der Waals surface area contributed by atoms with Crippen LogP contribution < -0.4 is 20.3 Å². The smallest absolute Gasteiger partial charge is 0.260 e. The maximum Gasteiger partial charge on any atom is 0.260 e. The summed E-state index contributed by atoms with van der Waals surface area (Å²) in [6.07, 6.45) is 0. The predicted octanol–water partition coefficient (Wildman–Crippen LogP) is 2.94. The molecule has 0 saturated carbocycles. The van der Waals surface area contributed by atoms with Gasteiger partial charge in [-0.15, -0.1) is 0 Å². The molecule has 8 nitrogen and oxygen atoms in total. The Hall–Kier alpha value is -3.68. The van der Waals surface area contributed by atoms with Gasteiger partial charge in [-0.1, -0.05) is 6.07 Å². The number of hydrogen-bond acceptors (Lipinski definition) is 7. The Morgan fingerprint density at radius 2 is 1.85 bits per heavy atom. The Balaban J connectivity index is 1.79. The molecule has 4 rings (SSSR count). The summed E-state index contributed by atoms with van der Waals surface area (Å²) >= 11 is 0. The van der Waals surface area contributed by atoms with Crippen LogP contribution in [0.2, 0.25) is 0 Å². The van der Waals surface area contributed by atoms with Crippen molar-refractivity contribution in [1.29, 1.82) is 0 Å². The molecule has 0 aliphatic heterocycles. The van der Waals surface area contributed by atoms with E-state index in [4.69, 9.17) is 9.47 Å². The highest BCUT2D eigenvalue weighted by Crippen LogP contribution is 2.24. The molecule has 2 aromatic heterocycles. The first-order chi connectivity index (χ1) is 13.1. The lowest BCUT2D eigenvalue weighted by atomic mass is 10.2. The number of anilines is 2. The summed E-state index contributed by atoms with van der Waals surface area (Å²) in [6.45, 7) is 1.88. The number of aromatic nitrogens is 4. The topological polar surface area (TPSA) is 102 Å². The third kappa shape index (κ3) is 3.01. The van der Waals surface area contributed by atoms with Crippen molar-refractivity contribution in [1.82, 2.24) is 19.9 Å². The molecule has 0 atom stereocenters. The number of hydrogen-bond donors (Lipinski definition) is 2. The molecule has 0 saturated heterocycles. The lowest BCUT2D eigenvalue weighted by molar-refractivity contribution is 0.415. The van der Waals surface area contributed by atoms with Crippen molar-refractivity contribution in [2.45, 2.75) is 6.92 Å². The van der Waals surface area contributed by atoms with Crippen LogP contribution in [0.5, 0.6) is 11.5 Å². The molecule has 0 amide bonds. The molecule has 27 heavy (non-hydrogen) atoms. The van der Waals surface area contributed by atoms with Gasteiger partial charge in [-0.2, -0.15) is 0 Å². The van der Waals surface area contributed by atoms with E-state index in [-0.39, 0.29) is 11.5 Å². The summed E-state index contributed by atoms with van der Waals surface area (Å²) in [5.41, 5.74) is 1.73. The van der Waals surface area contributed by atoms with E-state index in [1.165, 1.54) is 7.11 Å². The van der Waals surface area contributed by atoms with Gasteiger partial charge in [0.25, 0.3) is 5.56 Å². The maximum atomic E-state index is 12.4. The van der Waals surface area contributed by atoms with E-state index in [1.807, 2.05) is 25.1 Å². The van der Waals surface area contributed by atoms with Gasteiger partial charge >= 0.3 is 0 Å². The number of ether oxygens (including phenoxy) is 2. The molecule has 0 aliphatic carbocycles. The Labute approximate surface area is 154 Å². The van der Waals surface area contributed by atoms with Crippen LogP contribution in [0.4, 0.5) is 11.9 Å². The van der Waals surface area contributed by atoms with Gasteiger partial charge in [0.2, 0.25) is 11.9 Å². The zero-order valence-electron chi connectivity index (χ0n) is 15.0. The third-order valence-electron chi connectivity index (χ3n) is 4.24. The van der Waals surface area contributed by atoms with Crippen LogP contribution in [0, 0.1) is 6.92 Å². The SMILES string of the molecule is COc1ccc2nc(Nc3nc4c(OC)cccc4c(=O)[nH]3)nc(C)c2c1. The minimum Gasteiger partial charge on any atom is -0.497 e. The van der Waals surface area contributed by atoms with Crippen LogP contribution >= 0.6 is 0 Å². The van der Waals surface area contributed by atoms with E-state index in [2.05, 4.69) is 25.3 Å². The number of fused-ring (bicyclic) bond motifs is 2. The summed E-state index contributed by atoms with van der Waals surface area (Å²) in [4.78, 5) is 28.5. The highest BCUT2D eigenvalue weighted by Gasteiger charge is 2.11. The van der Waals surface area contributed by atoms with Crippen molar-refractivity contribution in [3.8, 4) is 11.5 Å². The van der Waals surface area contributed by atoms with Gasteiger partial charge < -0.3 is 9.47 Å². The van der Waals surface area contributed by atoms with Gasteiger partial charge in [0.1, 0.15) is 17.0 Å². The summed E-state index contributed by atoms with van der Waals surface area (Å²) in [5.74, 6) is 1.83. The minimum absolute atomic E-state index is 0.240. The molecule has 8 heteroatoms. The summed E-state index contributed by atoms with van der Waals surface area (Å²) < 4.78 is 10.5. The highest BCUT2D eigenvalue weighted by atomic mass is 16.5. The van der Waals surface area contributed by atoms with Crippen molar-refractivity contribution in [3.05, 3.63) is 52.4 Å². The first kappa shape index (κ1) is 16.8. The average Bonchev–Trinajstić information content (AvgIpc) is 2.67. The molecule has 2 aromatic carbocycles. The van der Waals surface area contributed by atoms with Gasteiger partial charge in [-0.3, -0.25) is 15.1 Å². The molecular formula is C19H17N5O3. The minimum atomic E-state index is -0.274. The van der Waals surface area contributed by atoms with E-state index >= 15 is 0 Å². The normalized spacial score (nSPS) is 10.9. The molecule has 2 N–H and O–H groups in total. The quantitative estimate of drug-likeness (QED) is 0.575. The second kappa shape index (κ2) is 6.56. The van der Waals surface area contributed by atoms with Gasteiger partial charge in [0.15, 0.2) is 0 Å². The lowest BCUT2D eigenvalue weighted by Gasteiger charge is -2.10. The standard InChI is InChI=1S/C19H17N5O3/c1-10-13-9-11(26-2)7-8-14(13)21-18(20-10)24-19-22-16-12(17(25)23-19)5-4-6-15(16)27-3/h4-9H,1-3H3,(H2,20,21,22,23,24,25). The number of para-hydroxylation sites is 1. The lowest BCUT2D eigenvalue weighted by Crippen LogP contribution is -2.12. The van der Waals surface area contributed by atoms with Crippen LogP contribution in [0.25, 0.3) is 21.8 Å². The van der Waals surface area contributed by atoms with E-state index in [0.717, 1.165) is 22.3 Å². The second-order valence-electron chi connectivity index (χ2n) is 5.91. The number of nitrogens with zero attached hydrogens (tertiary/aromatic N) is 3. The first-order valence-corrected chi connectivity index (χ1v) is 8.25. The van der Waals surface area contributed by atoms with Crippen LogP contribution in [0.15, 0.2) is 41.2 Å². The van der Waals surface area contributed by atoms with Crippen molar-refractivity contribution >= 4 is 33.7 Å². The van der Waals surface area contributed by atoms with Crippen LogP contribution in [-0.4, -0.2) is 34.2 Å². The fourth-order valence-corrected chi connectivity index (χ4v) is 2.91. The van der Waals surface area contributed by atoms with Crippen LogP contribution in [0.3, 0.4) is 0 Å². The van der Waals surface area contributed by atoms with Crippen LogP contribution in [-0.2, 0) is 0 Å². The highest BCUT2D eigenvalue weighted by molar-refractivity contribution is 5.85. The number of rotatable bonds is 4. The molecule has 0 unspecified atom stereocenters. The molecule has 4 aromatic rings. The van der Waals surface area contributed by atoms with Gasteiger partial charge in [-0.25, -0.2) is 15.0 Å². The Morgan fingerprint density at radius 1 is 1.00 bits per heavy atom. The summed E-state index contributed by atoms with van der Waals surface area (Å²) in [7, 11) is 3.15. The largest absolute Gasteiger partial charge is 0.497 e. The van der Waals surface area contributed by atoms with Crippen LogP contribution in [0.1, 0.15) is 5.69 Å². The molecule has 0 fully saturated rings. The average molecular weight is 363 g/mol. The summed E-state index contributed by atoms with van der Waals surface area (Å²) in [6, 6.07) is 10.8. The van der Waals surface area contributed by atoms with Crippen molar-refractivity contribution in [2.24, 2.45) is 0 Å². The fraction of sp³-hybridized carbons (Fsp3) is 0.158. The fourth-order valence-electron chi connectivity index (χ4n) is 2.91. The zero-order valence-corrected chi connectivity index (χ0v) is 15.0. The maximum absolute atomic E-state index is 12.4. The number of nitrogens with one attached hydrogen (secondary N) is 2. The second-order valence-corrected chi connectivity index (χ2v) is 5.91. The van der Waals surface area contributed by atoms with Crippen molar-refractivity contribution in [2.75, 3.05) is 19.5 Å². The molecule has 0 spiro atoms. The molecular weight excluding hydrogens is 346 g/mol. The first-order valence-electron chi connectivity index (χ1n) is 8.25. The number of aryl methyl sites for hydroxylation is 1. The van der Waals surface area contributed by atoms with Gasteiger partial charge in [0.05, 0.1) is 30.8 Å². The van der Waals surface area contributed by atoms with Crippen molar-refractivity contribution in [3.63, 3.8) is 0 Å². The Morgan fingerprint density at radius 3 is 2.63 bits per heavy atom. The van der Waals surface area contributed by atoms with E-state index in [0.29, 0.717) is 22.6 Å². The molecule has 136 valence electrons. The van der Waals surface area contributed by atoms with Crippen molar-refractivity contribution < 1.29 is 9.47 Å². The van der Waals surface area contributed by atoms with Gasteiger partial charge in [0, 0.05) is 5.39 Å². The number of aromatic amines is 1.